The van der Waals surface area contributed by atoms with Crippen LogP contribution in [0.3, 0.4) is 0 Å². The number of carbonyl (C=O) groups is 2. The first-order valence-electron chi connectivity index (χ1n) is 9.31. The number of nitrogens with zero attached hydrogens (tertiary/aromatic N) is 1. The van der Waals surface area contributed by atoms with Gasteiger partial charge in [0.1, 0.15) is 0 Å². The molecule has 1 aliphatic heterocycles. The Morgan fingerprint density at radius 3 is 2.43 bits per heavy atom. The predicted octanol–water partition coefficient (Wildman–Crippen LogP) is 1.14. The van der Waals surface area contributed by atoms with Gasteiger partial charge in [0.05, 0.1) is 13.1 Å². The number of carbonyl (C=O) groups excluding carboxylic acids is 2. The molecule has 0 aromatic carbocycles. The van der Waals surface area contributed by atoms with Gasteiger partial charge in [-0.15, -0.1) is 0 Å². The molecule has 4 saturated carbocycles. The van der Waals surface area contributed by atoms with Gasteiger partial charge in [-0.3, -0.25) is 14.5 Å². The third-order valence-electron chi connectivity index (χ3n) is 6.87. The average Bonchev–Trinajstić information content (AvgIpc) is 2.45. The molecule has 1 atom stereocenters. The predicted molar refractivity (Wildman–Crippen MR) is 87.7 cm³/mol. The van der Waals surface area contributed by atoms with E-state index in [9.17, 15) is 9.59 Å². The second kappa shape index (κ2) is 5.76. The first kappa shape index (κ1) is 15.4. The molecular formula is C18H29N3O2. The number of piperazine rings is 1. The fourth-order valence-corrected chi connectivity index (χ4v) is 6.18. The summed E-state index contributed by atoms with van der Waals surface area (Å²) in [4.78, 5) is 25.8. The van der Waals surface area contributed by atoms with Crippen LogP contribution in [0.25, 0.3) is 0 Å². The molecule has 5 aliphatic rings. The molecule has 0 aromatic heterocycles. The van der Waals surface area contributed by atoms with Gasteiger partial charge in [-0.25, -0.2) is 0 Å². The van der Waals surface area contributed by atoms with Crippen molar-refractivity contribution in [2.75, 3.05) is 26.2 Å². The molecule has 0 unspecified atom stereocenters. The smallest absolute Gasteiger partial charge is 0.234 e. The molecule has 5 nitrogen and oxygen atoms in total. The number of nitrogens with one attached hydrogen (secondary N) is 2. The van der Waals surface area contributed by atoms with E-state index in [0.717, 1.165) is 24.3 Å². The third kappa shape index (κ3) is 3.00. The van der Waals surface area contributed by atoms with Crippen molar-refractivity contribution in [3.8, 4) is 0 Å². The summed E-state index contributed by atoms with van der Waals surface area (Å²) in [5.41, 5.74) is 0.351. The van der Waals surface area contributed by atoms with Crippen molar-refractivity contribution in [2.45, 2.75) is 51.5 Å². The Morgan fingerprint density at radius 1 is 1.26 bits per heavy atom. The molecule has 23 heavy (non-hydrogen) atoms. The van der Waals surface area contributed by atoms with Crippen molar-refractivity contribution in [2.24, 2.45) is 23.2 Å². The quantitative estimate of drug-likeness (QED) is 0.817. The van der Waals surface area contributed by atoms with Crippen molar-refractivity contribution >= 4 is 11.8 Å². The minimum absolute atomic E-state index is 0.0261. The lowest BCUT2D eigenvalue weighted by Crippen LogP contribution is -2.57. The Balaban J connectivity index is 1.35. The second-order valence-corrected chi connectivity index (χ2v) is 8.63. The summed E-state index contributed by atoms with van der Waals surface area (Å²) in [6, 6.07) is 0.266. The van der Waals surface area contributed by atoms with Gasteiger partial charge in [0.15, 0.2) is 0 Å². The molecule has 0 aromatic rings. The van der Waals surface area contributed by atoms with Crippen LogP contribution in [0.1, 0.15) is 45.4 Å². The Hall–Kier alpha value is -1.10. The summed E-state index contributed by atoms with van der Waals surface area (Å²) in [5.74, 6) is 2.84. The van der Waals surface area contributed by atoms with E-state index in [1.807, 2.05) is 4.90 Å². The fourth-order valence-electron chi connectivity index (χ4n) is 6.18. The van der Waals surface area contributed by atoms with Crippen LogP contribution in [-0.4, -0.2) is 48.9 Å². The zero-order valence-corrected chi connectivity index (χ0v) is 14.1. The number of amides is 2. The zero-order chi connectivity index (χ0) is 16.0. The number of rotatable bonds is 4. The highest BCUT2D eigenvalue weighted by atomic mass is 16.2. The van der Waals surface area contributed by atoms with E-state index in [0.29, 0.717) is 25.0 Å². The first-order chi connectivity index (χ1) is 11.0. The van der Waals surface area contributed by atoms with Crippen molar-refractivity contribution in [3.63, 3.8) is 0 Å². The van der Waals surface area contributed by atoms with Crippen LogP contribution in [0.5, 0.6) is 0 Å². The lowest BCUT2D eigenvalue weighted by atomic mass is 9.48. The molecule has 4 bridgehead atoms. The standard InChI is InChI=1S/C18H29N3O2/c1-12(20-17(23)11-21-3-2-19-16(22)10-21)18-7-13-4-14(8-18)6-15(5-13)9-18/h12-15H,2-11H2,1H3,(H,19,22)(H,20,23)/t12-,13?,14?,15?,18?/m0/s1. The summed E-state index contributed by atoms with van der Waals surface area (Å²) in [5, 5.41) is 6.09. The van der Waals surface area contributed by atoms with Crippen LogP contribution < -0.4 is 10.6 Å². The van der Waals surface area contributed by atoms with E-state index >= 15 is 0 Å². The highest BCUT2D eigenvalue weighted by Crippen LogP contribution is 2.61. The van der Waals surface area contributed by atoms with Gasteiger partial charge in [-0.05, 0) is 68.6 Å². The Bertz CT molecular complexity index is 469. The van der Waals surface area contributed by atoms with E-state index in [2.05, 4.69) is 17.6 Å². The van der Waals surface area contributed by atoms with Crippen molar-refractivity contribution in [1.82, 2.24) is 15.5 Å². The van der Waals surface area contributed by atoms with Crippen molar-refractivity contribution in [3.05, 3.63) is 0 Å². The van der Waals surface area contributed by atoms with Crippen LogP contribution in [-0.2, 0) is 9.59 Å². The number of hydrogen-bond donors (Lipinski definition) is 2. The maximum Gasteiger partial charge on any atom is 0.234 e. The summed E-state index contributed by atoms with van der Waals surface area (Å²) in [7, 11) is 0. The van der Waals surface area contributed by atoms with E-state index in [1.54, 1.807) is 0 Å². The lowest BCUT2D eigenvalue weighted by Gasteiger charge is -2.59. The van der Waals surface area contributed by atoms with Gasteiger partial charge < -0.3 is 10.6 Å². The molecule has 5 fully saturated rings. The Morgan fingerprint density at radius 2 is 1.87 bits per heavy atom. The van der Waals surface area contributed by atoms with E-state index in [-0.39, 0.29) is 17.9 Å². The molecule has 5 rings (SSSR count). The Labute approximate surface area is 138 Å². The second-order valence-electron chi connectivity index (χ2n) is 8.63. The minimum atomic E-state index is 0.0261. The van der Waals surface area contributed by atoms with E-state index in [1.165, 1.54) is 38.5 Å². The van der Waals surface area contributed by atoms with Gasteiger partial charge in [-0.2, -0.15) is 0 Å². The first-order valence-corrected chi connectivity index (χ1v) is 9.31. The molecular weight excluding hydrogens is 290 g/mol. The third-order valence-corrected chi connectivity index (χ3v) is 6.87. The summed E-state index contributed by atoms with van der Waals surface area (Å²) in [6.07, 6.45) is 8.24. The number of hydrogen-bond acceptors (Lipinski definition) is 3. The SMILES string of the molecule is C[C@H](NC(=O)CN1CCNC(=O)C1)C12CC3CC(CC(C3)C1)C2. The highest BCUT2D eigenvalue weighted by molar-refractivity contribution is 5.82. The Kier molecular flexibility index (Phi) is 3.87. The minimum Gasteiger partial charge on any atom is -0.354 e. The normalized spacial score (nSPS) is 40.7. The zero-order valence-electron chi connectivity index (χ0n) is 14.1. The van der Waals surface area contributed by atoms with Gasteiger partial charge in [0.2, 0.25) is 11.8 Å². The van der Waals surface area contributed by atoms with Crippen LogP contribution in [0.15, 0.2) is 0 Å². The topological polar surface area (TPSA) is 61.4 Å². The van der Waals surface area contributed by atoms with Crippen LogP contribution in [0.4, 0.5) is 0 Å². The van der Waals surface area contributed by atoms with Crippen LogP contribution >= 0.6 is 0 Å². The maximum absolute atomic E-state index is 12.4. The van der Waals surface area contributed by atoms with Gasteiger partial charge in [0.25, 0.3) is 0 Å². The molecule has 4 aliphatic carbocycles. The molecule has 5 heteroatoms. The molecule has 1 heterocycles. The maximum atomic E-state index is 12.4. The van der Waals surface area contributed by atoms with Gasteiger partial charge in [-0.1, -0.05) is 0 Å². The summed E-state index contributed by atoms with van der Waals surface area (Å²) >= 11 is 0. The largest absolute Gasteiger partial charge is 0.354 e. The molecule has 0 spiro atoms. The van der Waals surface area contributed by atoms with Crippen molar-refractivity contribution in [1.29, 1.82) is 0 Å². The van der Waals surface area contributed by atoms with Crippen LogP contribution in [0, 0.1) is 23.2 Å². The lowest BCUT2D eigenvalue weighted by molar-refractivity contribution is -0.129. The highest BCUT2D eigenvalue weighted by Gasteiger charge is 2.53. The molecule has 128 valence electrons. The monoisotopic (exact) mass is 319 g/mol. The molecule has 2 N–H and O–H groups in total. The fraction of sp³-hybridized carbons (Fsp3) is 0.889. The van der Waals surface area contributed by atoms with E-state index in [4.69, 9.17) is 0 Å². The molecule has 0 radical (unpaired) electrons. The summed E-state index contributed by atoms with van der Waals surface area (Å²) in [6.45, 7) is 4.33. The summed E-state index contributed by atoms with van der Waals surface area (Å²) < 4.78 is 0. The van der Waals surface area contributed by atoms with Gasteiger partial charge in [0, 0.05) is 19.1 Å². The molecule has 1 saturated heterocycles. The van der Waals surface area contributed by atoms with Crippen LogP contribution in [0.2, 0.25) is 0 Å². The average molecular weight is 319 g/mol. The van der Waals surface area contributed by atoms with Crippen molar-refractivity contribution < 1.29 is 9.59 Å². The van der Waals surface area contributed by atoms with E-state index < -0.39 is 0 Å². The molecule has 2 amide bonds. The van der Waals surface area contributed by atoms with Gasteiger partial charge >= 0.3 is 0 Å².